The number of carbonyl (C=O) groups excluding carboxylic acids is 14. The number of hydrogen-bond acceptors (Lipinski definition) is 20. The van der Waals surface area contributed by atoms with Crippen LogP contribution in [0, 0.1) is 5.92 Å². The van der Waals surface area contributed by atoms with E-state index in [0.29, 0.717) is 97.8 Å². The van der Waals surface area contributed by atoms with Crippen LogP contribution in [0.2, 0.25) is 0 Å². The molecular formula is C105H169N21O15S. The normalized spacial score (nSPS) is 16.7. The smallest absolute Gasteiger partial charge is 0.265 e. The fraction of sp³-hybridized carbons (Fsp3) is 0.667. The second-order valence-corrected chi connectivity index (χ2v) is 39.5. The van der Waals surface area contributed by atoms with E-state index in [1.165, 1.54) is 142 Å². The minimum Gasteiger partial charge on any atom is -0.370 e. The number of nitrogens with two attached hydrogens (primary N) is 4. The van der Waals surface area contributed by atoms with Crippen molar-refractivity contribution < 1.29 is 71.9 Å². The summed E-state index contributed by atoms with van der Waals surface area (Å²) >= 11 is 1.54. The molecule has 0 aliphatic carbocycles. The van der Waals surface area contributed by atoms with E-state index < -0.39 is 144 Å². The third-order valence-corrected chi connectivity index (χ3v) is 27.1. The summed E-state index contributed by atoms with van der Waals surface area (Å²) in [6.45, 7) is 8.64. The molecular weight excluding hydrogens is 1830 g/mol. The van der Waals surface area contributed by atoms with Crippen LogP contribution in [0.15, 0.2) is 96.1 Å². The molecule has 1 aromatic heterocycles. The van der Waals surface area contributed by atoms with Crippen molar-refractivity contribution in [3.05, 3.63) is 108 Å². The van der Waals surface area contributed by atoms with Gasteiger partial charge in [0.2, 0.25) is 83.3 Å². The molecule has 0 spiro atoms. The summed E-state index contributed by atoms with van der Waals surface area (Å²) in [6, 6.07) is 13.8. The molecule has 0 radical (unpaired) electrons. The van der Waals surface area contributed by atoms with Gasteiger partial charge < -0.3 is 101 Å². The molecule has 37 heteroatoms. The first-order chi connectivity index (χ1) is 68.7. The molecule has 790 valence electrons. The van der Waals surface area contributed by atoms with Crippen LogP contribution in [-0.4, -0.2) is 246 Å². The summed E-state index contributed by atoms with van der Waals surface area (Å²) in [6.07, 6.45) is 35.1. The molecule has 7 rings (SSSR count). The first-order valence-electron chi connectivity index (χ1n) is 52.9. The highest BCUT2D eigenvalue weighted by Gasteiger charge is 2.44. The van der Waals surface area contributed by atoms with Crippen molar-refractivity contribution in [3.63, 3.8) is 0 Å². The summed E-state index contributed by atoms with van der Waals surface area (Å²) in [5.74, 6) is -8.43. The van der Waals surface area contributed by atoms with Gasteiger partial charge in [-0.15, -0.1) is 0 Å². The number of aliphatic imine (C=N–C) groups is 1. The zero-order valence-electron chi connectivity index (χ0n) is 85.2. The van der Waals surface area contributed by atoms with Gasteiger partial charge in [0.1, 0.15) is 48.3 Å². The molecule has 2 unspecified atom stereocenters. The Balaban J connectivity index is 1.06. The molecule has 3 saturated heterocycles. The van der Waals surface area contributed by atoms with Crippen molar-refractivity contribution in [3.8, 4) is 0 Å². The van der Waals surface area contributed by atoms with Gasteiger partial charge >= 0.3 is 0 Å². The average Bonchev–Trinajstić information content (AvgIpc) is 1.78. The SMILES string of the molecule is CCCCCCCCCCCCCCCC(=O)NCCCNC(=O)C1NN(CC(=O)NCCCC[C@H](NC(=O)[C@H](Cc2ccccc2)NC(=O)[C@@H](Cc2c[nH]c3ccccc23)NC(=O)[C@H](CCCN=C(N)N)NC(=O)[C@@H](Cc2ccccc2)NC(=O)[C@@H]2CCCN2C(=O)[C@@H](N)CCSC)C(=O)N2CCC[C@H]2C(=O)N[C@H](C(N)=O)C(C)C)C(C(=O)NCCCNC(=O)CCCCCCCCCCCCCCC)O1. The lowest BCUT2D eigenvalue weighted by Gasteiger charge is -2.31. The van der Waals surface area contributed by atoms with E-state index in [9.17, 15) is 43.2 Å². The van der Waals surface area contributed by atoms with Gasteiger partial charge in [0.05, 0.1) is 12.6 Å². The number of fused-ring (bicyclic) bond motifs is 1. The Morgan fingerprint density at radius 1 is 0.444 bits per heavy atom. The minimum atomic E-state index is -1.52. The number of likely N-dealkylation sites (tertiary alicyclic amines) is 2. The molecule has 14 amide bonds. The van der Waals surface area contributed by atoms with Gasteiger partial charge in [0.15, 0.2) is 5.96 Å². The average molecular weight is 2000 g/mol. The number of nitrogens with one attached hydrogen (secondary N) is 13. The van der Waals surface area contributed by atoms with Crippen LogP contribution >= 0.6 is 11.8 Å². The second-order valence-electron chi connectivity index (χ2n) is 38.5. The van der Waals surface area contributed by atoms with E-state index >= 15 is 24.0 Å². The lowest BCUT2D eigenvalue weighted by molar-refractivity contribution is -0.144. The predicted octanol–water partition coefficient (Wildman–Crippen LogP) is 8.34. The fourth-order valence-corrected chi connectivity index (χ4v) is 18.8. The highest BCUT2D eigenvalue weighted by Crippen LogP contribution is 2.26. The molecule has 11 atom stereocenters. The Kier molecular flexibility index (Phi) is 57.0. The summed E-state index contributed by atoms with van der Waals surface area (Å²) in [5.41, 5.74) is 29.0. The summed E-state index contributed by atoms with van der Waals surface area (Å²) in [5, 5.41) is 33.5. The van der Waals surface area contributed by atoms with Crippen molar-refractivity contribution in [2.45, 2.75) is 371 Å². The third kappa shape index (κ3) is 44.6. The molecule has 36 nitrogen and oxygen atoms in total. The Labute approximate surface area is 845 Å². The number of aromatic nitrogens is 1. The topological polar surface area (TPSA) is 535 Å². The highest BCUT2D eigenvalue weighted by molar-refractivity contribution is 7.98. The Hall–Kier alpha value is -10.8. The molecule has 3 aliphatic rings. The number of benzene rings is 3. The third-order valence-electron chi connectivity index (χ3n) is 26.5. The number of carbonyl (C=O) groups is 14. The molecule has 3 fully saturated rings. The largest absolute Gasteiger partial charge is 0.370 e. The second kappa shape index (κ2) is 68.5. The molecule has 142 heavy (non-hydrogen) atoms. The standard InChI is InChI=1S/C105H169N21O15S/c1-6-8-10-12-14-16-18-20-22-24-26-28-36-57-88(127)110-62-45-64-113-99(137)101-123-126(104(141-101)100(138)114-65-46-63-111-89(128)58-37-29-27-25-23-21-19-17-15-13-11-9-7-2)73-90(129)112-60-41-40-53-82(103(140)125-67-44-56-87(125)98(136)122-91(74(3)4)92(107)130)118-95(133)83(69-75-47-32-30-33-48-75)119-96(134)85(71-77-72-116-80-52-39-38-51-78(77)80)120-93(131)81(54-42-61-115-105(108)109)117-94(132)84(70-76-49-34-31-35-50-76)121-97(135)86-55-43-66-124(86)102(139)79(106)59-68-142-5/h30-35,38-39,47-52,72,74,79,81-87,91,101,104,116,123H,6-29,36-37,40-46,53-71,73,106H2,1-5H3,(H2,107,130)(H,110,127)(H,111,128)(H,112,129)(H,113,137)(H,114,138)(H,117,132)(H,118,133)(H,119,134)(H,120,131)(H,121,135)(H,122,136)(H4,108,109,115)/t79-,81-,82-,83-,84+,85+,86-,87-,91-,101?,104?/m0/s1. The first kappa shape index (κ1) is 118. The maximum atomic E-state index is 15.7. The van der Waals surface area contributed by atoms with Crippen molar-refractivity contribution in [2.75, 3.05) is 70.9 Å². The predicted molar refractivity (Wildman–Crippen MR) is 556 cm³/mol. The zero-order chi connectivity index (χ0) is 103. The van der Waals surface area contributed by atoms with Crippen LogP contribution in [0.4, 0.5) is 0 Å². The van der Waals surface area contributed by atoms with Gasteiger partial charge in [-0.2, -0.15) is 16.8 Å². The van der Waals surface area contributed by atoms with Gasteiger partial charge in [-0.05, 0) is 131 Å². The van der Waals surface area contributed by atoms with Crippen LogP contribution in [0.5, 0.6) is 0 Å². The zero-order valence-corrected chi connectivity index (χ0v) is 86.0. The van der Waals surface area contributed by atoms with E-state index in [4.69, 9.17) is 27.7 Å². The van der Waals surface area contributed by atoms with E-state index in [1.54, 1.807) is 86.8 Å². The number of hydrazine groups is 1. The number of rotatable bonds is 74. The molecule has 4 aromatic rings. The van der Waals surface area contributed by atoms with Gasteiger partial charge in [0.25, 0.3) is 11.8 Å². The number of ether oxygens (including phenoxy) is 1. The summed E-state index contributed by atoms with van der Waals surface area (Å²) in [4.78, 5) is 210. The van der Waals surface area contributed by atoms with Gasteiger partial charge in [0, 0.05) is 102 Å². The van der Waals surface area contributed by atoms with E-state index in [1.807, 2.05) is 24.5 Å². The number of hydrogen-bond donors (Lipinski definition) is 17. The van der Waals surface area contributed by atoms with Crippen molar-refractivity contribution >= 4 is 111 Å². The summed E-state index contributed by atoms with van der Waals surface area (Å²) in [7, 11) is 0. The van der Waals surface area contributed by atoms with Crippen LogP contribution in [0.3, 0.4) is 0 Å². The lowest BCUT2D eigenvalue weighted by atomic mass is 10.00. The number of primary amides is 1. The summed E-state index contributed by atoms with van der Waals surface area (Å²) < 4.78 is 6.05. The van der Waals surface area contributed by atoms with Crippen molar-refractivity contribution in [1.29, 1.82) is 0 Å². The monoisotopic (exact) mass is 2000 g/mol. The number of aromatic amines is 1. The fourth-order valence-electron chi connectivity index (χ4n) is 18.3. The first-order valence-corrected chi connectivity index (χ1v) is 54.3. The number of guanidine groups is 1. The van der Waals surface area contributed by atoms with Crippen LogP contribution in [0.1, 0.15) is 301 Å². The number of thioether (sulfide) groups is 1. The van der Waals surface area contributed by atoms with Crippen molar-refractivity contribution in [2.24, 2.45) is 33.8 Å². The van der Waals surface area contributed by atoms with Crippen LogP contribution in [-0.2, 0) is 91.1 Å². The Morgan fingerprint density at radius 3 is 1.38 bits per heavy atom. The Morgan fingerprint density at radius 2 is 0.873 bits per heavy atom. The van der Waals surface area contributed by atoms with Gasteiger partial charge in [-0.25, -0.2) is 5.43 Å². The molecule has 21 N–H and O–H groups in total. The van der Waals surface area contributed by atoms with Crippen molar-refractivity contribution in [1.82, 2.24) is 83.7 Å². The number of unbranched alkanes of at least 4 members (excludes halogenated alkanes) is 25. The minimum absolute atomic E-state index is 0.0122. The molecule has 0 bridgehead atoms. The maximum absolute atomic E-state index is 15.7. The quantitative estimate of drug-likeness (QED) is 0.0112. The number of amides is 14. The number of H-pyrrole nitrogens is 1. The highest BCUT2D eigenvalue weighted by atomic mass is 32.2. The van der Waals surface area contributed by atoms with Crippen LogP contribution < -0.4 is 86.8 Å². The van der Waals surface area contributed by atoms with E-state index in [2.05, 4.69) is 87.7 Å². The van der Waals surface area contributed by atoms with E-state index in [-0.39, 0.29) is 121 Å². The number of nitrogens with zero attached hydrogens (tertiary/aromatic N) is 4. The maximum Gasteiger partial charge on any atom is 0.265 e. The van der Waals surface area contributed by atoms with Gasteiger partial charge in [-0.1, -0.05) is 261 Å². The lowest BCUT2D eigenvalue weighted by Crippen LogP contribution is -2.61. The Bertz CT molecular complexity index is 4510. The van der Waals surface area contributed by atoms with E-state index in [0.717, 1.165) is 51.4 Å². The molecule has 3 aliphatic heterocycles. The molecule has 4 heterocycles. The van der Waals surface area contributed by atoms with Crippen LogP contribution in [0.25, 0.3) is 10.9 Å². The molecule has 0 saturated carbocycles. The van der Waals surface area contributed by atoms with Gasteiger partial charge in [-0.3, -0.25) is 72.1 Å². The number of para-hydroxylation sites is 1. The molecule has 3 aromatic carbocycles.